The zero-order chi connectivity index (χ0) is 18.8. The second kappa shape index (κ2) is 7.35. The van der Waals surface area contributed by atoms with E-state index in [-0.39, 0.29) is 17.8 Å². The van der Waals surface area contributed by atoms with Gasteiger partial charge in [-0.15, -0.1) is 0 Å². The third kappa shape index (κ3) is 3.38. The monoisotopic (exact) mass is 359 g/mol. The van der Waals surface area contributed by atoms with Crippen molar-refractivity contribution in [2.75, 3.05) is 19.7 Å². The Balaban J connectivity index is 1.83. The maximum Gasteiger partial charge on any atom is 0.310 e. The van der Waals surface area contributed by atoms with Crippen LogP contribution < -0.4 is 0 Å². The van der Waals surface area contributed by atoms with E-state index in [0.29, 0.717) is 36.8 Å². The number of likely N-dealkylation sites (tertiary alicyclic amines) is 1. The van der Waals surface area contributed by atoms with E-state index in [0.717, 1.165) is 24.2 Å². The third-order valence-electron chi connectivity index (χ3n) is 4.83. The van der Waals surface area contributed by atoms with Crippen LogP contribution in [0.25, 0.3) is 5.82 Å². The van der Waals surface area contributed by atoms with Crippen LogP contribution in [0, 0.1) is 26.7 Å². The first-order valence-corrected chi connectivity index (χ1v) is 9.01. The Morgan fingerprint density at radius 3 is 2.73 bits per heavy atom. The van der Waals surface area contributed by atoms with E-state index < -0.39 is 0 Å². The van der Waals surface area contributed by atoms with Gasteiger partial charge in [-0.3, -0.25) is 14.2 Å². The van der Waals surface area contributed by atoms with Crippen LogP contribution in [0.2, 0.25) is 0 Å². The van der Waals surface area contributed by atoms with Gasteiger partial charge in [-0.1, -0.05) is 5.16 Å². The molecule has 2 aromatic heterocycles. The Labute approximate surface area is 152 Å². The zero-order valence-electron chi connectivity index (χ0n) is 15.7. The molecule has 2 aromatic rings. The predicted molar refractivity (Wildman–Crippen MR) is 95.3 cm³/mol. The van der Waals surface area contributed by atoms with Gasteiger partial charge in [0.2, 0.25) is 0 Å². The molecule has 3 rings (SSSR count). The highest BCUT2D eigenvalue weighted by atomic mass is 16.5. The summed E-state index contributed by atoms with van der Waals surface area (Å²) in [5.41, 5.74) is 2.37. The fraction of sp³-hybridized carbons (Fsp3) is 0.526. The van der Waals surface area contributed by atoms with Crippen molar-refractivity contribution in [3.05, 3.63) is 34.8 Å². The third-order valence-corrected chi connectivity index (χ3v) is 4.83. The summed E-state index contributed by atoms with van der Waals surface area (Å²) in [6.45, 7) is 8.89. The number of hydrogen-bond donors (Lipinski definition) is 0. The molecule has 0 spiro atoms. The number of nitrogens with zero attached hydrogens (tertiary/aromatic N) is 3. The van der Waals surface area contributed by atoms with Gasteiger partial charge in [0, 0.05) is 30.5 Å². The number of aryl methyl sites for hydroxylation is 2. The minimum atomic E-state index is -0.241. The first kappa shape index (κ1) is 18.2. The number of ether oxygens (including phenoxy) is 1. The summed E-state index contributed by atoms with van der Waals surface area (Å²) in [7, 11) is 0. The highest BCUT2D eigenvalue weighted by Crippen LogP contribution is 2.25. The summed E-state index contributed by atoms with van der Waals surface area (Å²) in [5, 5.41) is 4.05. The number of carbonyl (C=O) groups is 2. The van der Waals surface area contributed by atoms with Gasteiger partial charge in [0.1, 0.15) is 5.76 Å². The zero-order valence-corrected chi connectivity index (χ0v) is 15.7. The molecule has 1 aliphatic heterocycles. The maximum atomic E-state index is 13.1. The van der Waals surface area contributed by atoms with Crippen LogP contribution in [-0.2, 0) is 9.53 Å². The van der Waals surface area contributed by atoms with Crippen LogP contribution in [-0.4, -0.2) is 46.2 Å². The average molecular weight is 359 g/mol. The van der Waals surface area contributed by atoms with Crippen molar-refractivity contribution < 1.29 is 18.8 Å². The highest BCUT2D eigenvalue weighted by molar-refractivity contribution is 5.96. The van der Waals surface area contributed by atoms with E-state index in [2.05, 4.69) is 5.16 Å². The minimum absolute atomic E-state index is 0.0569. The smallest absolute Gasteiger partial charge is 0.310 e. The number of piperidine rings is 1. The molecular formula is C19H25N3O4. The van der Waals surface area contributed by atoms with Crippen molar-refractivity contribution in [2.24, 2.45) is 5.92 Å². The van der Waals surface area contributed by atoms with Crippen LogP contribution in [0.15, 0.2) is 16.7 Å². The van der Waals surface area contributed by atoms with Gasteiger partial charge in [-0.2, -0.15) is 0 Å². The Kier molecular flexibility index (Phi) is 5.15. The number of esters is 1. The molecule has 26 heavy (non-hydrogen) atoms. The van der Waals surface area contributed by atoms with Gasteiger partial charge in [0.15, 0.2) is 5.82 Å². The van der Waals surface area contributed by atoms with Gasteiger partial charge in [-0.05, 0) is 46.6 Å². The van der Waals surface area contributed by atoms with Gasteiger partial charge < -0.3 is 14.2 Å². The molecule has 0 saturated carbocycles. The Hall–Kier alpha value is -2.57. The summed E-state index contributed by atoms with van der Waals surface area (Å²) in [4.78, 5) is 26.9. The molecule has 140 valence electrons. The van der Waals surface area contributed by atoms with Crippen LogP contribution in [0.3, 0.4) is 0 Å². The van der Waals surface area contributed by atoms with Crippen LogP contribution in [0.5, 0.6) is 0 Å². The molecule has 0 aromatic carbocycles. The highest BCUT2D eigenvalue weighted by Gasteiger charge is 2.31. The number of carbonyl (C=O) groups excluding carboxylic acids is 2. The summed E-state index contributed by atoms with van der Waals surface area (Å²) in [5.74, 6) is 0.870. The lowest BCUT2D eigenvalue weighted by Crippen LogP contribution is -2.43. The van der Waals surface area contributed by atoms with Crippen molar-refractivity contribution in [1.29, 1.82) is 0 Å². The number of amides is 1. The first-order valence-electron chi connectivity index (χ1n) is 9.01. The number of rotatable bonds is 4. The first-order chi connectivity index (χ1) is 12.4. The lowest BCUT2D eigenvalue weighted by molar-refractivity contribution is -0.149. The second-order valence-corrected chi connectivity index (χ2v) is 6.76. The quantitative estimate of drug-likeness (QED) is 0.785. The van der Waals surface area contributed by atoms with Crippen molar-refractivity contribution in [3.63, 3.8) is 0 Å². The average Bonchev–Trinajstić information content (AvgIpc) is 3.17. The summed E-state index contributed by atoms with van der Waals surface area (Å²) < 4.78 is 12.2. The normalized spacial score (nSPS) is 17.4. The van der Waals surface area contributed by atoms with E-state index in [1.807, 2.05) is 37.5 Å². The predicted octanol–water partition coefficient (Wildman–Crippen LogP) is 2.81. The molecule has 1 amide bonds. The van der Waals surface area contributed by atoms with Crippen LogP contribution in [0.4, 0.5) is 0 Å². The molecule has 7 nitrogen and oxygen atoms in total. The molecule has 0 aliphatic carbocycles. The Morgan fingerprint density at radius 1 is 1.31 bits per heavy atom. The van der Waals surface area contributed by atoms with Crippen molar-refractivity contribution in [1.82, 2.24) is 14.6 Å². The SMILES string of the molecule is CCOC(=O)C1CCCN(C(=O)c2cc(C)n(-c3cc(C)on3)c2C)C1. The van der Waals surface area contributed by atoms with E-state index in [9.17, 15) is 9.59 Å². The molecule has 7 heteroatoms. The summed E-state index contributed by atoms with van der Waals surface area (Å²) in [6, 6.07) is 3.71. The molecule has 1 fully saturated rings. The fourth-order valence-corrected chi connectivity index (χ4v) is 3.57. The molecule has 3 heterocycles. The number of hydrogen-bond acceptors (Lipinski definition) is 5. The second-order valence-electron chi connectivity index (χ2n) is 6.76. The molecule has 1 aliphatic rings. The van der Waals surface area contributed by atoms with E-state index in [1.165, 1.54) is 0 Å². The standard InChI is InChI=1S/C19H25N3O4/c1-5-25-19(24)15-7-6-8-21(11-15)18(23)16-9-12(2)22(14(16)4)17-10-13(3)26-20-17/h9-10,15H,5-8,11H2,1-4H3. The minimum Gasteiger partial charge on any atom is -0.466 e. The maximum absolute atomic E-state index is 13.1. The molecule has 1 saturated heterocycles. The molecule has 0 radical (unpaired) electrons. The van der Waals surface area contributed by atoms with Gasteiger partial charge in [0.25, 0.3) is 5.91 Å². The molecule has 1 unspecified atom stereocenters. The molecular weight excluding hydrogens is 334 g/mol. The lowest BCUT2D eigenvalue weighted by atomic mass is 9.97. The van der Waals surface area contributed by atoms with Crippen molar-refractivity contribution in [3.8, 4) is 5.82 Å². The fourth-order valence-electron chi connectivity index (χ4n) is 3.57. The van der Waals surface area contributed by atoms with E-state index in [1.54, 1.807) is 11.8 Å². The Morgan fingerprint density at radius 2 is 2.08 bits per heavy atom. The van der Waals surface area contributed by atoms with E-state index >= 15 is 0 Å². The van der Waals surface area contributed by atoms with Gasteiger partial charge in [-0.25, -0.2) is 0 Å². The number of aromatic nitrogens is 2. The van der Waals surface area contributed by atoms with E-state index in [4.69, 9.17) is 9.26 Å². The molecule has 1 atom stereocenters. The summed E-state index contributed by atoms with van der Waals surface area (Å²) >= 11 is 0. The lowest BCUT2D eigenvalue weighted by Gasteiger charge is -2.31. The topological polar surface area (TPSA) is 77.6 Å². The van der Waals surface area contributed by atoms with Crippen LogP contribution >= 0.6 is 0 Å². The van der Waals surface area contributed by atoms with Gasteiger partial charge in [0.05, 0.1) is 18.1 Å². The van der Waals surface area contributed by atoms with Gasteiger partial charge >= 0.3 is 5.97 Å². The molecule has 0 bridgehead atoms. The largest absolute Gasteiger partial charge is 0.466 e. The molecule has 0 N–H and O–H groups in total. The van der Waals surface area contributed by atoms with Crippen LogP contribution in [0.1, 0.15) is 47.3 Å². The van der Waals surface area contributed by atoms with Crippen molar-refractivity contribution in [2.45, 2.75) is 40.5 Å². The Bertz CT molecular complexity index is 821. The van der Waals surface area contributed by atoms with Crippen molar-refractivity contribution >= 4 is 11.9 Å². The summed E-state index contributed by atoms with van der Waals surface area (Å²) in [6.07, 6.45) is 1.57.